The number of carbonyl (C=O) groups excluding carboxylic acids is 1. The van der Waals surface area contributed by atoms with Gasteiger partial charge in [-0.25, -0.2) is 9.78 Å². The first kappa shape index (κ1) is 18.4. The van der Waals surface area contributed by atoms with Gasteiger partial charge in [0.2, 0.25) is 0 Å². The van der Waals surface area contributed by atoms with Crippen LogP contribution < -0.4 is 5.32 Å². The van der Waals surface area contributed by atoms with Crippen LogP contribution in [0.25, 0.3) is 0 Å². The van der Waals surface area contributed by atoms with E-state index in [0.717, 1.165) is 6.07 Å². The summed E-state index contributed by atoms with van der Waals surface area (Å²) in [4.78, 5) is 17.1. The molecule has 1 amide bonds. The van der Waals surface area contributed by atoms with Crippen LogP contribution >= 0.6 is 0 Å². The van der Waals surface area contributed by atoms with Gasteiger partial charge in [-0.2, -0.15) is 13.2 Å². The lowest BCUT2D eigenvalue weighted by atomic mass is 10.1. The van der Waals surface area contributed by atoms with E-state index in [0.29, 0.717) is 31.6 Å². The van der Waals surface area contributed by atoms with E-state index < -0.39 is 17.5 Å². The van der Waals surface area contributed by atoms with Gasteiger partial charge in [0, 0.05) is 19.1 Å². The Morgan fingerprint density at radius 2 is 1.88 bits per heavy atom. The van der Waals surface area contributed by atoms with Crippen LogP contribution in [0.5, 0.6) is 0 Å². The number of hydrogen-bond donors (Lipinski definition) is 1. The first-order valence-electron chi connectivity index (χ1n) is 7.82. The second kappa shape index (κ2) is 6.86. The lowest BCUT2D eigenvalue weighted by Gasteiger charge is -2.34. The van der Waals surface area contributed by atoms with Crippen LogP contribution in [0.3, 0.4) is 0 Å². The molecule has 0 aliphatic carbocycles. The smallest absolute Gasteiger partial charge is 0.433 e. The predicted octanol–water partition coefficient (Wildman–Crippen LogP) is 3.91. The molecule has 24 heavy (non-hydrogen) atoms. The van der Waals surface area contributed by atoms with Gasteiger partial charge >= 0.3 is 12.3 Å². The minimum atomic E-state index is -4.43. The molecule has 8 heteroatoms. The van der Waals surface area contributed by atoms with Crippen molar-refractivity contribution in [2.75, 3.05) is 18.4 Å². The van der Waals surface area contributed by atoms with E-state index in [2.05, 4.69) is 10.3 Å². The van der Waals surface area contributed by atoms with E-state index in [1.165, 1.54) is 12.3 Å². The van der Waals surface area contributed by atoms with Crippen molar-refractivity contribution in [2.24, 2.45) is 0 Å². The standard InChI is InChI=1S/C16H22F3N3O2/c1-15(2,3)24-14(23)22-8-6-11(7-9-22)21-12-4-5-13(20-10-12)16(17,18)19/h4-5,10-11,21H,6-9H2,1-3H3. The number of ether oxygens (including phenoxy) is 1. The van der Waals surface area contributed by atoms with E-state index in [4.69, 9.17) is 4.74 Å². The Kier molecular flexibility index (Phi) is 5.25. The molecule has 2 heterocycles. The van der Waals surface area contributed by atoms with E-state index >= 15 is 0 Å². The van der Waals surface area contributed by atoms with Crippen LogP contribution in [-0.4, -0.2) is 40.7 Å². The molecular weight excluding hydrogens is 323 g/mol. The van der Waals surface area contributed by atoms with Crippen LogP contribution in [0.4, 0.5) is 23.7 Å². The number of halogens is 3. The number of alkyl halides is 3. The number of nitrogens with one attached hydrogen (secondary N) is 1. The fourth-order valence-corrected chi connectivity index (χ4v) is 2.42. The third-order valence-corrected chi connectivity index (χ3v) is 3.57. The number of hydrogen-bond acceptors (Lipinski definition) is 4. The van der Waals surface area contributed by atoms with Gasteiger partial charge < -0.3 is 15.0 Å². The summed E-state index contributed by atoms with van der Waals surface area (Å²) in [5.41, 5.74) is -0.899. The van der Waals surface area contributed by atoms with Crippen molar-refractivity contribution in [1.29, 1.82) is 0 Å². The molecule has 0 bridgehead atoms. The summed E-state index contributed by atoms with van der Waals surface area (Å²) in [6.07, 6.45) is -2.20. The average molecular weight is 345 g/mol. The van der Waals surface area contributed by atoms with Crippen LogP contribution in [0.15, 0.2) is 18.3 Å². The highest BCUT2D eigenvalue weighted by molar-refractivity contribution is 5.68. The second-order valence-electron chi connectivity index (χ2n) is 6.82. The summed E-state index contributed by atoms with van der Waals surface area (Å²) in [5.74, 6) is 0. The van der Waals surface area contributed by atoms with Gasteiger partial charge in [0.15, 0.2) is 0 Å². The normalized spacial score (nSPS) is 16.8. The second-order valence-corrected chi connectivity index (χ2v) is 6.82. The van der Waals surface area contributed by atoms with Crippen LogP contribution in [0, 0.1) is 0 Å². The van der Waals surface area contributed by atoms with Crippen LogP contribution in [0.1, 0.15) is 39.3 Å². The molecular formula is C16H22F3N3O2. The van der Waals surface area contributed by atoms with Crippen LogP contribution in [-0.2, 0) is 10.9 Å². The molecule has 0 spiro atoms. The van der Waals surface area contributed by atoms with E-state index in [-0.39, 0.29) is 12.1 Å². The van der Waals surface area contributed by atoms with Crippen LogP contribution in [0.2, 0.25) is 0 Å². The summed E-state index contributed by atoms with van der Waals surface area (Å²) in [7, 11) is 0. The van der Waals surface area contributed by atoms with E-state index in [9.17, 15) is 18.0 Å². The SMILES string of the molecule is CC(C)(C)OC(=O)N1CCC(Nc2ccc(C(F)(F)F)nc2)CC1. The maximum atomic E-state index is 12.5. The minimum Gasteiger partial charge on any atom is -0.444 e. The number of likely N-dealkylation sites (tertiary alicyclic amines) is 1. The van der Waals surface area contributed by atoms with Crippen molar-refractivity contribution in [3.63, 3.8) is 0 Å². The molecule has 0 radical (unpaired) electrons. The van der Waals surface area contributed by atoms with Crippen molar-refractivity contribution in [3.8, 4) is 0 Å². The van der Waals surface area contributed by atoms with Gasteiger partial charge in [0.25, 0.3) is 0 Å². The molecule has 1 aromatic rings. The molecule has 1 aliphatic heterocycles. The average Bonchev–Trinajstić information content (AvgIpc) is 2.46. The summed E-state index contributed by atoms with van der Waals surface area (Å²) in [5, 5.41) is 3.16. The van der Waals surface area contributed by atoms with Crippen molar-refractivity contribution in [3.05, 3.63) is 24.0 Å². The van der Waals surface area contributed by atoms with Crippen molar-refractivity contribution in [2.45, 2.75) is 51.4 Å². The van der Waals surface area contributed by atoms with Gasteiger partial charge in [0.1, 0.15) is 11.3 Å². The Hall–Kier alpha value is -1.99. The van der Waals surface area contributed by atoms with Crippen molar-refractivity contribution >= 4 is 11.8 Å². The molecule has 0 unspecified atom stereocenters. The van der Waals surface area contributed by atoms with Gasteiger partial charge in [-0.05, 0) is 45.7 Å². The number of amides is 1. The zero-order valence-electron chi connectivity index (χ0n) is 14.0. The molecule has 2 rings (SSSR count). The molecule has 0 saturated carbocycles. The number of piperidine rings is 1. The maximum Gasteiger partial charge on any atom is 0.433 e. The molecule has 0 atom stereocenters. The summed E-state index contributed by atoms with van der Waals surface area (Å²) in [6, 6.07) is 2.41. The summed E-state index contributed by atoms with van der Waals surface area (Å²) in [6.45, 7) is 6.53. The first-order valence-corrected chi connectivity index (χ1v) is 7.82. The number of rotatable bonds is 2. The predicted molar refractivity (Wildman–Crippen MR) is 83.7 cm³/mol. The highest BCUT2D eigenvalue weighted by Gasteiger charge is 2.32. The highest BCUT2D eigenvalue weighted by atomic mass is 19.4. The Balaban J connectivity index is 1.84. The van der Waals surface area contributed by atoms with E-state index in [1.54, 1.807) is 4.90 Å². The molecule has 0 aromatic carbocycles. The summed E-state index contributed by atoms with van der Waals surface area (Å²) >= 11 is 0. The molecule has 134 valence electrons. The Morgan fingerprint density at radius 3 is 2.33 bits per heavy atom. The number of aromatic nitrogens is 1. The fraction of sp³-hybridized carbons (Fsp3) is 0.625. The Bertz CT molecular complexity index is 559. The molecule has 1 aromatic heterocycles. The summed E-state index contributed by atoms with van der Waals surface area (Å²) < 4.78 is 42.8. The third kappa shape index (κ3) is 5.28. The maximum absolute atomic E-state index is 12.5. The Morgan fingerprint density at radius 1 is 1.25 bits per heavy atom. The molecule has 5 nitrogen and oxygen atoms in total. The van der Waals surface area contributed by atoms with Gasteiger partial charge in [-0.1, -0.05) is 0 Å². The molecule has 1 saturated heterocycles. The molecule has 1 N–H and O–H groups in total. The number of carbonyl (C=O) groups is 1. The lowest BCUT2D eigenvalue weighted by molar-refractivity contribution is -0.141. The van der Waals surface area contributed by atoms with Crippen molar-refractivity contribution in [1.82, 2.24) is 9.88 Å². The monoisotopic (exact) mass is 345 g/mol. The van der Waals surface area contributed by atoms with Crippen molar-refractivity contribution < 1.29 is 22.7 Å². The lowest BCUT2D eigenvalue weighted by Crippen LogP contribution is -2.44. The zero-order chi connectivity index (χ0) is 18.0. The fourth-order valence-electron chi connectivity index (χ4n) is 2.42. The van der Waals surface area contributed by atoms with E-state index in [1.807, 2.05) is 20.8 Å². The van der Waals surface area contributed by atoms with Gasteiger partial charge in [0.05, 0.1) is 11.9 Å². The largest absolute Gasteiger partial charge is 0.444 e. The number of nitrogens with zero attached hydrogens (tertiary/aromatic N) is 2. The minimum absolute atomic E-state index is 0.0854. The molecule has 1 aliphatic rings. The topological polar surface area (TPSA) is 54.5 Å². The highest BCUT2D eigenvalue weighted by Crippen LogP contribution is 2.28. The zero-order valence-corrected chi connectivity index (χ0v) is 14.0. The number of anilines is 1. The number of pyridine rings is 1. The molecule has 1 fully saturated rings. The quantitative estimate of drug-likeness (QED) is 0.883. The van der Waals surface area contributed by atoms with Gasteiger partial charge in [-0.15, -0.1) is 0 Å². The van der Waals surface area contributed by atoms with Gasteiger partial charge in [-0.3, -0.25) is 0 Å². The first-order chi connectivity index (χ1) is 11.0. The Labute approximate surface area is 139 Å². The third-order valence-electron chi connectivity index (χ3n) is 3.57.